The number of Topliss-reactive ketones (excluding diaryl/α,β-unsaturated/α-hetero) is 1. The third-order valence-corrected chi connectivity index (χ3v) is 4.70. The predicted molar refractivity (Wildman–Crippen MR) is 76.3 cm³/mol. The van der Waals surface area contributed by atoms with E-state index in [1.807, 2.05) is 7.05 Å². The van der Waals surface area contributed by atoms with Crippen molar-refractivity contribution in [2.45, 2.75) is 31.3 Å². The van der Waals surface area contributed by atoms with Crippen LogP contribution in [-0.2, 0) is 4.74 Å². The Morgan fingerprint density at radius 2 is 1.88 bits per heavy atom. The Bertz CT molecular complexity index is 620. The summed E-state index contributed by atoms with van der Waals surface area (Å²) in [5.41, 5.74) is 0.0653. The molecule has 0 spiro atoms. The van der Waals surface area contributed by atoms with Gasteiger partial charge in [0.15, 0.2) is 17.3 Å². The second kappa shape index (κ2) is 6.33. The van der Waals surface area contributed by atoms with Crippen LogP contribution in [-0.4, -0.2) is 49.4 Å². The van der Waals surface area contributed by atoms with Gasteiger partial charge in [-0.15, -0.1) is 13.2 Å². The van der Waals surface area contributed by atoms with Crippen LogP contribution in [0.2, 0.25) is 0 Å². The van der Waals surface area contributed by atoms with Crippen LogP contribution in [0.1, 0.15) is 23.2 Å². The number of morpholine rings is 1. The summed E-state index contributed by atoms with van der Waals surface area (Å²) in [5.74, 6) is -2.67. The Morgan fingerprint density at radius 3 is 2.42 bits per heavy atom. The maximum absolute atomic E-state index is 13.8. The summed E-state index contributed by atoms with van der Waals surface area (Å²) < 4.78 is 59.4. The fourth-order valence-corrected chi connectivity index (χ4v) is 3.41. The first-order chi connectivity index (χ1) is 11.2. The number of fused-ring (bicyclic) bond motifs is 2. The van der Waals surface area contributed by atoms with Crippen molar-refractivity contribution in [3.05, 3.63) is 29.6 Å². The molecule has 2 aliphatic rings. The van der Waals surface area contributed by atoms with Crippen molar-refractivity contribution in [1.29, 1.82) is 0 Å². The summed E-state index contributed by atoms with van der Waals surface area (Å²) in [6.07, 6.45) is -3.79. The number of hydrogen-bond donors (Lipinski definition) is 0. The van der Waals surface area contributed by atoms with E-state index < -0.39 is 17.9 Å². The van der Waals surface area contributed by atoms with E-state index in [1.165, 1.54) is 6.07 Å². The Balaban J connectivity index is 1.75. The van der Waals surface area contributed by atoms with Gasteiger partial charge in [0.05, 0.1) is 13.2 Å². The Morgan fingerprint density at radius 1 is 1.25 bits per heavy atom. The third kappa shape index (κ3) is 3.54. The van der Waals surface area contributed by atoms with E-state index in [0.717, 1.165) is 12.1 Å². The number of carbonyl (C=O) groups excluding carboxylic acids is 1. The Hall–Kier alpha value is -1.67. The minimum atomic E-state index is -4.97. The van der Waals surface area contributed by atoms with Crippen molar-refractivity contribution >= 4 is 5.78 Å². The molecule has 3 rings (SSSR count). The first-order valence-electron chi connectivity index (χ1n) is 7.64. The van der Waals surface area contributed by atoms with Crippen molar-refractivity contribution in [2.75, 3.05) is 20.3 Å². The minimum Gasteiger partial charge on any atom is -0.403 e. The smallest absolute Gasteiger partial charge is 0.403 e. The van der Waals surface area contributed by atoms with E-state index in [2.05, 4.69) is 9.64 Å². The standard InChI is InChI=1S/C16H17F4NO3/c1-21-11-4-10(5-12(21)8-23-7-11)15(22)9-2-3-14(13(17)6-9)24-16(18,19)20/h2-3,6,10-12H,4-5,7-8H2,1H3. The number of halogens is 4. The van der Waals surface area contributed by atoms with Crippen molar-refractivity contribution < 1.29 is 31.8 Å². The molecule has 0 saturated carbocycles. The van der Waals surface area contributed by atoms with Gasteiger partial charge in [0.1, 0.15) is 0 Å². The number of carbonyl (C=O) groups is 1. The molecular weight excluding hydrogens is 330 g/mol. The lowest BCUT2D eigenvalue weighted by Crippen LogP contribution is -2.55. The predicted octanol–water partition coefficient (Wildman–Crippen LogP) is 3.02. The average Bonchev–Trinajstić information content (AvgIpc) is 2.47. The molecular formula is C16H17F4NO3. The number of ether oxygens (including phenoxy) is 2. The SMILES string of the molecule is CN1C2COCC1CC(C(=O)c1ccc(OC(F)(F)F)c(F)c1)C2. The van der Waals surface area contributed by atoms with Crippen LogP contribution in [0.15, 0.2) is 18.2 Å². The second-order valence-electron chi connectivity index (χ2n) is 6.24. The second-order valence-corrected chi connectivity index (χ2v) is 6.24. The molecule has 132 valence electrons. The van der Waals surface area contributed by atoms with Gasteiger partial charge in [-0.25, -0.2) is 4.39 Å². The molecule has 0 N–H and O–H groups in total. The Labute approximate surface area is 136 Å². The lowest BCUT2D eigenvalue weighted by Gasteiger charge is -2.46. The van der Waals surface area contributed by atoms with E-state index in [0.29, 0.717) is 26.1 Å². The number of rotatable bonds is 3. The van der Waals surface area contributed by atoms with Crippen LogP contribution in [0, 0.1) is 11.7 Å². The highest BCUT2D eigenvalue weighted by Gasteiger charge is 2.40. The summed E-state index contributed by atoms with van der Waals surface area (Å²) >= 11 is 0. The van der Waals surface area contributed by atoms with Gasteiger partial charge in [-0.1, -0.05) is 0 Å². The van der Waals surface area contributed by atoms with E-state index in [9.17, 15) is 22.4 Å². The molecule has 0 aliphatic carbocycles. The summed E-state index contributed by atoms with van der Waals surface area (Å²) in [4.78, 5) is 14.8. The summed E-state index contributed by atoms with van der Waals surface area (Å²) in [6, 6.07) is 3.09. The highest BCUT2D eigenvalue weighted by Crippen LogP contribution is 2.33. The lowest BCUT2D eigenvalue weighted by molar-refractivity contribution is -0.275. The molecule has 2 bridgehead atoms. The highest BCUT2D eigenvalue weighted by atomic mass is 19.4. The lowest BCUT2D eigenvalue weighted by atomic mass is 9.81. The zero-order valence-corrected chi connectivity index (χ0v) is 13.0. The first kappa shape index (κ1) is 17.2. The van der Waals surface area contributed by atoms with E-state index in [4.69, 9.17) is 4.74 Å². The molecule has 0 amide bonds. The van der Waals surface area contributed by atoms with Crippen LogP contribution in [0.25, 0.3) is 0 Å². The van der Waals surface area contributed by atoms with Crippen LogP contribution >= 0.6 is 0 Å². The maximum Gasteiger partial charge on any atom is 0.573 e. The molecule has 8 heteroatoms. The average molecular weight is 347 g/mol. The van der Waals surface area contributed by atoms with Crippen molar-refractivity contribution in [3.63, 3.8) is 0 Å². The van der Waals surface area contributed by atoms with E-state index >= 15 is 0 Å². The summed E-state index contributed by atoms with van der Waals surface area (Å²) in [5, 5.41) is 0. The molecule has 4 nitrogen and oxygen atoms in total. The number of likely N-dealkylation sites (N-methyl/N-ethyl adjacent to an activating group) is 1. The molecule has 0 aromatic heterocycles. The fraction of sp³-hybridized carbons (Fsp3) is 0.562. The number of piperidine rings is 1. The molecule has 1 aromatic rings. The maximum atomic E-state index is 13.8. The number of hydrogen-bond acceptors (Lipinski definition) is 4. The largest absolute Gasteiger partial charge is 0.573 e. The van der Waals surface area contributed by atoms with Crippen LogP contribution in [0.4, 0.5) is 17.6 Å². The van der Waals surface area contributed by atoms with Gasteiger partial charge < -0.3 is 9.47 Å². The van der Waals surface area contributed by atoms with Gasteiger partial charge in [0, 0.05) is 23.6 Å². The van der Waals surface area contributed by atoms with Gasteiger partial charge in [-0.05, 0) is 38.1 Å². The number of alkyl halides is 3. The minimum absolute atomic E-state index is 0.0653. The molecule has 2 heterocycles. The van der Waals surface area contributed by atoms with Crippen molar-refractivity contribution in [3.8, 4) is 5.75 Å². The van der Waals surface area contributed by atoms with E-state index in [-0.39, 0.29) is 29.3 Å². The first-order valence-corrected chi connectivity index (χ1v) is 7.64. The normalized spacial score (nSPS) is 27.8. The quantitative estimate of drug-likeness (QED) is 0.622. The van der Waals surface area contributed by atoms with E-state index in [1.54, 1.807) is 0 Å². The molecule has 2 saturated heterocycles. The van der Waals surface area contributed by atoms with Gasteiger partial charge in [0.25, 0.3) is 0 Å². The van der Waals surface area contributed by atoms with Gasteiger partial charge in [0.2, 0.25) is 0 Å². The Kier molecular flexibility index (Phi) is 4.52. The number of nitrogens with zero attached hydrogens (tertiary/aromatic N) is 1. The fourth-order valence-electron chi connectivity index (χ4n) is 3.41. The molecule has 1 aromatic carbocycles. The monoisotopic (exact) mass is 347 g/mol. The zero-order valence-electron chi connectivity index (χ0n) is 13.0. The van der Waals surface area contributed by atoms with Crippen LogP contribution in [0.5, 0.6) is 5.75 Å². The highest BCUT2D eigenvalue weighted by molar-refractivity contribution is 5.98. The molecule has 24 heavy (non-hydrogen) atoms. The molecule has 2 unspecified atom stereocenters. The van der Waals surface area contributed by atoms with Crippen LogP contribution < -0.4 is 4.74 Å². The molecule has 0 radical (unpaired) electrons. The van der Waals surface area contributed by atoms with Gasteiger partial charge in [-0.2, -0.15) is 0 Å². The number of ketones is 1. The summed E-state index contributed by atoms with van der Waals surface area (Å²) in [7, 11) is 1.99. The topological polar surface area (TPSA) is 38.8 Å². The summed E-state index contributed by atoms with van der Waals surface area (Å²) in [6.45, 7) is 1.09. The van der Waals surface area contributed by atoms with Crippen LogP contribution in [0.3, 0.4) is 0 Å². The van der Waals surface area contributed by atoms with Crippen molar-refractivity contribution in [2.24, 2.45) is 5.92 Å². The van der Waals surface area contributed by atoms with Crippen molar-refractivity contribution in [1.82, 2.24) is 4.90 Å². The number of benzene rings is 1. The zero-order chi connectivity index (χ0) is 17.5. The van der Waals surface area contributed by atoms with Gasteiger partial charge in [-0.3, -0.25) is 9.69 Å². The molecule has 2 fully saturated rings. The molecule has 2 atom stereocenters. The third-order valence-electron chi connectivity index (χ3n) is 4.70. The molecule has 2 aliphatic heterocycles. The van der Waals surface area contributed by atoms with Gasteiger partial charge >= 0.3 is 6.36 Å².